The van der Waals surface area contributed by atoms with Crippen LogP contribution in [0.2, 0.25) is 0 Å². The number of hydrogen-bond donors (Lipinski definition) is 1. The van der Waals surface area contributed by atoms with Crippen molar-refractivity contribution >= 4 is 66.4 Å². The summed E-state index contributed by atoms with van der Waals surface area (Å²) < 4.78 is 0. The van der Waals surface area contributed by atoms with Crippen molar-refractivity contribution < 1.29 is 19.5 Å². The molecular weight excluding hydrogens is 261 g/mol. The third kappa shape index (κ3) is 6.50. The molecule has 0 rings (SSSR count). The molecule has 0 aliphatic rings. The fourth-order valence-corrected chi connectivity index (χ4v) is 0.302. The van der Waals surface area contributed by atoms with Crippen LogP contribution in [0.4, 0.5) is 0 Å². The number of aliphatic carboxylic acids is 1. The van der Waals surface area contributed by atoms with Gasteiger partial charge in [-0.15, -0.1) is 0 Å². The molecule has 0 spiro atoms. The van der Waals surface area contributed by atoms with Gasteiger partial charge in [0.2, 0.25) is 5.78 Å². The van der Waals surface area contributed by atoms with Crippen LogP contribution in [0.15, 0.2) is 0 Å². The zero-order valence-electron chi connectivity index (χ0n) is 4.88. The van der Waals surface area contributed by atoms with Crippen LogP contribution in [0, 0.1) is 0 Å². The molecule has 0 amide bonds. The molecule has 0 aromatic rings. The molecule has 54 valence electrons. The number of carboxylic acids is 1. The summed E-state index contributed by atoms with van der Waals surface area (Å²) in [5, 5.41) is 7.93. The van der Waals surface area contributed by atoms with Crippen molar-refractivity contribution in [1.29, 1.82) is 0 Å². The molecular formula is C5H8BaO4. The van der Waals surface area contributed by atoms with E-state index in [2.05, 4.69) is 0 Å². The molecule has 10 heavy (non-hydrogen) atoms. The Balaban J connectivity index is 0. The van der Waals surface area contributed by atoms with E-state index in [1.165, 1.54) is 6.92 Å². The molecule has 0 aliphatic heterocycles. The SMILES string of the molecule is CC(=O)CC(=O)C(=O)O.[BaH2]. The first kappa shape index (κ1) is 13.0. The van der Waals surface area contributed by atoms with Gasteiger partial charge in [-0.2, -0.15) is 0 Å². The zero-order chi connectivity index (χ0) is 7.44. The van der Waals surface area contributed by atoms with E-state index in [1.807, 2.05) is 0 Å². The quantitative estimate of drug-likeness (QED) is 0.393. The van der Waals surface area contributed by atoms with Crippen molar-refractivity contribution in [3.05, 3.63) is 0 Å². The van der Waals surface area contributed by atoms with Gasteiger partial charge >= 0.3 is 54.9 Å². The van der Waals surface area contributed by atoms with Crippen LogP contribution in [0.25, 0.3) is 0 Å². The summed E-state index contributed by atoms with van der Waals surface area (Å²) in [6.45, 7) is 1.17. The predicted octanol–water partition coefficient (Wildman–Crippen LogP) is -1.30. The second-order valence-corrected chi connectivity index (χ2v) is 1.61. The van der Waals surface area contributed by atoms with Gasteiger partial charge in [0, 0.05) is 0 Å². The van der Waals surface area contributed by atoms with Gasteiger partial charge in [0.25, 0.3) is 0 Å². The van der Waals surface area contributed by atoms with E-state index in [4.69, 9.17) is 5.11 Å². The molecule has 0 heterocycles. The van der Waals surface area contributed by atoms with Crippen molar-refractivity contribution in [2.24, 2.45) is 0 Å². The average molecular weight is 269 g/mol. The molecule has 0 bridgehead atoms. The first-order chi connectivity index (χ1) is 4.04. The van der Waals surface area contributed by atoms with Crippen molar-refractivity contribution in [3.8, 4) is 0 Å². The molecule has 0 aromatic carbocycles. The van der Waals surface area contributed by atoms with E-state index in [9.17, 15) is 14.4 Å². The molecule has 1 N–H and O–H groups in total. The number of rotatable bonds is 3. The van der Waals surface area contributed by atoms with Gasteiger partial charge in [0.05, 0.1) is 6.42 Å². The van der Waals surface area contributed by atoms with Gasteiger partial charge in [-0.1, -0.05) is 0 Å². The summed E-state index contributed by atoms with van der Waals surface area (Å²) in [7, 11) is 0. The van der Waals surface area contributed by atoms with Gasteiger partial charge in [-0.3, -0.25) is 9.59 Å². The normalized spacial score (nSPS) is 7.70. The summed E-state index contributed by atoms with van der Waals surface area (Å²) in [5.41, 5.74) is 0. The Morgan fingerprint density at radius 2 is 1.70 bits per heavy atom. The van der Waals surface area contributed by atoms with Crippen LogP contribution < -0.4 is 0 Å². The van der Waals surface area contributed by atoms with E-state index < -0.39 is 24.0 Å². The van der Waals surface area contributed by atoms with Crippen LogP contribution in [0.3, 0.4) is 0 Å². The molecule has 0 atom stereocenters. The number of Topliss-reactive ketones (excluding diaryl/α,β-unsaturated/α-hetero) is 2. The second kappa shape index (κ2) is 6.11. The second-order valence-electron chi connectivity index (χ2n) is 1.61. The molecule has 0 unspecified atom stereocenters. The van der Waals surface area contributed by atoms with Crippen molar-refractivity contribution in [1.82, 2.24) is 0 Å². The fraction of sp³-hybridized carbons (Fsp3) is 0.400. The number of carbonyl (C=O) groups is 3. The van der Waals surface area contributed by atoms with E-state index in [0.29, 0.717) is 0 Å². The topological polar surface area (TPSA) is 71.4 Å². The molecule has 0 saturated heterocycles. The van der Waals surface area contributed by atoms with Crippen molar-refractivity contribution in [2.45, 2.75) is 13.3 Å². The average Bonchev–Trinajstić information content (AvgIpc) is 1.63. The van der Waals surface area contributed by atoms with E-state index >= 15 is 0 Å². The molecule has 4 nitrogen and oxygen atoms in total. The van der Waals surface area contributed by atoms with Crippen molar-refractivity contribution in [3.63, 3.8) is 0 Å². The summed E-state index contributed by atoms with van der Waals surface area (Å²) in [6, 6.07) is 0. The van der Waals surface area contributed by atoms with Gasteiger partial charge in [-0.05, 0) is 6.92 Å². The van der Waals surface area contributed by atoms with Gasteiger partial charge in [-0.25, -0.2) is 4.79 Å². The van der Waals surface area contributed by atoms with Gasteiger partial charge in [0.15, 0.2) is 0 Å². The first-order valence-corrected chi connectivity index (χ1v) is 2.29. The Hall–Kier alpha value is 0.381. The number of ketones is 2. The van der Waals surface area contributed by atoms with Crippen LogP contribution in [-0.2, 0) is 14.4 Å². The molecule has 0 aliphatic carbocycles. The maximum atomic E-state index is 10.1. The molecule has 0 radical (unpaired) electrons. The molecule has 0 aromatic heterocycles. The Bertz CT molecular complexity index is 163. The summed E-state index contributed by atoms with van der Waals surface area (Å²) in [4.78, 5) is 29.9. The van der Waals surface area contributed by atoms with Crippen LogP contribution in [0.1, 0.15) is 13.3 Å². The first-order valence-electron chi connectivity index (χ1n) is 2.29. The standard InChI is InChI=1S/C5H6O4.Ba.2H/c1-3(6)2-4(7)5(8)9;;;/h2H2,1H3,(H,8,9);;;. The number of hydrogen-bond acceptors (Lipinski definition) is 3. The van der Waals surface area contributed by atoms with Gasteiger partial charge < -0.3 is 5.11 Å². The number of carbonyl (C=O) groups excluding carboxylic acids is 2. The van der Waals surface area contributed by atoms with Gasteiger partial charge in [0.1, 0.15) is 5.78 Å². The van der Waals surface area contributed by atoms with E-state index in [0.717, 1.165) is 0 Å². The number of carboxylic acid groups (broad SMARTS) is 1. The minimum atomic E-state index is -1.55. The monoisotopic (exact) mass is 270 g/mol. The minimum absolute atomic E-state index is 0. The zero-order valence-corrected chi connectivity index (χ0v) is 4.88. The Labute approximate surface area is 98.1 Å². The van der Waals surface area contributed by atoms with Crippen LogP contribution in [-0.4, -0.2) is 71.5 Å². The molecule has 5 heteroatoms. The Morgan fingerprint density at radius 1 is 1.30 bits per heavy atom. The third-order valence-corrected chi connectivity index (χ3v) is 0.648. The van der Waals surface area contributed by atoms with Crippen LogP contribution in [0.5, 0.6) is 0 Å². The van der Waals surface area contributed by atoms with Crippen molar-refractivity contribution in [2.75, 3.05) is 0 Å². The summed E-state index contributed by atoms with van der Waals surface area (Å²) in [5.74, 6) is -3.03. The third-order valence-electron chi connectivity index (χ3n) is 0.648. The Kier molecular flexibility index (Phi) is 7.95. The maximum absolute atomic E-state index is 10.1. The van der Waals surface area contributed by atoms with E-state index in [-0.39, 0.29) is 48.9 Å². The van der Waals surface area contributed by atoms with E-state index in [1.54, 1.807) is 0 Å². The summed E-state index contributed by atoms with van der Waals surface area (Å²) >= 11 is 0. The Morgan fingerprint density at radius 3 is 1.80 bits per heavy atom. The van der Waals surface area contributed by atoms with Crippen LogP contribution >= 0.6 is 0 Å². The summed E-state index contributed by atoms with van der Waals surface area (Å²) in [6.07, 6.45) is -0.505. The predicted molar refractivity (Wildman–Crippen MR) is 36.5 cm³/mol. The molecule has 0 fully saturated rings. The fourth-order valence-electron chi connectivity index (χ4n) is 0.302. The molecule has 0 saturated carbocycles.